The molecule has 2 rings (SSSR count). The van der Waals surface area contributed by atoms with E-state index in [9.17, 15) is 13.2 Å². The van der Waals surface area contributed by atoms with Crippen LogP contribution in [0.1, 0.15) is 31.4 Å². The van der Waals surface area contributed by atoms with Crippen molar-refractivity contribution >= 4 is 27.3 Å². The molecule has 134 valence electrons. The van der Waals surface area contributed by atoms with Crippen LogP contribution in [0.4, 0.5) is 11.4 Å². The van der Waals surface area contributed by atoms with Crippen molar-refractivity contribution in [2.24, 2.45) is 5.73 Å². The number of hydrogen-bond donors (Lipinski definition) is 3. The Hall–Kier alpha value is -2.38. The average Bonchev–Trinajstić information content (AvgIpc) is 2.61. The molecule has 4 N–H and O–H groups in total. The monoisotopic (exact) mass is 361 g/mol. The normalized spacial score (nSPS) is 12.4. The highest BCUT2D eigenvalue weighted by molar-refractivity contribution is 7.92. The quantitative estimate of drug-likeness (QED) is 0.673. The molecule has 0 radical (unpaired) electrons. The van der Waals surface area contributed by atoms with Crippen molar-refractivity contribution in [2.45, 2.75) is 25.8 Å². The molecule has 0 heterocycles. The summed E-state index contributed by atoms with van der Waals surface area (Å²) in [5, 5.41) is 2.72. The van der Waals surface area contributed by atoms with Crippen LogP contribution in [0, 0.1) is 0 Å². The van der Waals surface area contributed by atoms with Crippen LogP contribution in [0.2, 0.25) is 0 Å². The van der Waals surface area contributed by atoms with Crippen LogP contribution in [0.15, 0.2) is 54.6 Å². The second-order valence-electron chi connectivity index (χ2n) is 5.73. The van der Waals surface area contributed by atoms with E-state index in [-0.39, 0.29) is 11.7 Å². The smallest absolute Gasteiger partial charge is 0.245 e. The fraction of sp³-hybridized carbons (Fsp3) is 0.278. The molecular weight excluding hydrogens is 338 g/mol. The Labute approximate surface area is 148 Å². The maximum absolute atomic E-state index is 12.2. The van der Waals surface area contributed by atoms with Gasteiger partial charge in [0.2, 0.25) is 15.9 Å². The van der Waals surface area contributed by atoms with Crippen molar-refractivity contribution in [3.8, 4) is 0 Å². The van der Waals surface area contributed by atoms with Crippen molar-refractivity contribution < 1.29 is 13.2 Å². The van der Waals surface area contributed by atoms with Gasteiger partial charge in [-0.25, -0.2) is 8.42 Å². The first-order valence-electron chi connectivity index (χ1n) is 8.13. The molecule has 1 unspecified atom stereocenters. The second kappa shape index (κ2) is 8.64. The zero-order chi connectivity index (χ0) is 18.3. The zero-order valence-corrected chi connectivity index (χ0v) is 14.9. The van der Waals surface area contributed by atoms with E-state index in [1.165, 1.54) is 0 Å². The topological polar surface area (TPSA) is 101 Å². The maximum atomic E-state index is 12.2. The van der Waals surface area contributed by atoms with Gasteiger partial charge in [-0.1, -0.05) is 43.7 Å². The summed E-state index contributed by atoms with van der Waals surface area (Å²) in [6.45, 7) is 1.94. The Balaban J connectivity index is 1.97. The SMILES string of the molecule is CCCCS(=O)(=O)Nc1ccc(NC(=O)C(N)c2ccccc2)cc1. The Bertz CT molecular complexity index is 790. The molecule has 6 nitrogen and oxygen atoms in total. The number of rotatable bonds is 8. The summed E-state index contributed by atoms with van der Waals surface area (Å²) in [5.74, 6) is -0.240. The first kappa shape index (κ1) is 19.0. The molecule has 0 aliphatic rings. The standard InChI is InChI=1S/C18H23N3O3S/c1-2-3-13-25(23,24)21-16-11-9-15(10-12-16)20-18(22)17(19)14-7-5-4-6-8-14/h4-12,17,21H,2-3,13,19H2,1H3,(H,20,22). The predicted molar refractivity (Wildman–Crippen MR) is 101 cm³/mol. The summed E-state index contributed by atoms with van der Waals surface area (Å²) in [7, 11) is -3.34. The molecule has 0 fully saturated rings. The van der Waals surface area contributed by atoms with E-state index in [2.05, 4.69) is 10.0 Å². The third-order valence-corrected chi connectivity index (χ3v) is 5.01. The van der Waals surface area contributed by atoms with Gasteiger partial charge in [-0.2, -0.15) is 0 Å². The largest absolute Gasteiger partial charge is 0.324 e. The van der Waals surface area contributed by atoms with E-state index in [1.54, 1.807) is 36.4 Å². The minimum atomic E-state index is -3.34. The van der Waals surface area contributed by atoms with Gasteiger partial charge in [-0.3, -0.25) is 9.52 Å². The number of nitrogens with one attached hydrogen (secondary N) is 2. The highest BCUT2D eigenvalue weighted by Gasteiger charge is 2.15. The average molecular weight is 361 g/mol. The number of nitrogens with two attached hydrogens (primary N) is 1. The van der Waals surface area contributed by atoms with Gasteiger partial charge in [0.25, 0.3) is 0 Å². The van der Waals surface area contributed by atoms with Gasteiger partial charge in [0.1, 0.15) is 6.04 Å². The van der Waals surface area contributed by atoms with E-state index in [4.69, 9.17) is 5.73 Å². The lowest BCUT2D eigenvalue weighted by molar-refractivity contribution is -0.117. The fourth-order valence-corrected chi connectivity index (χ4v) is 3.48. The van der Waals surface area contributed by atoms with E-state index in [0.29, 0.717) is 17.8 Å². The van der Waals surface area contributed by atoms with Gasteiger partial charge in [0.15, 0.2) is 0 Å². The lowest BCUT2D eigenvalue weighted by Gasteiger charge is -2.13. The molecule has 0 spiro atoms. The molecule has 0 aromatic heterocycles. The molecule has 25 heavy (non-hydrogen) atoms. The summed E-state index contributed by atoms with van der Waals surface area (Å²) in [5.41, 5.74) is 7.67. The summed E-state index contributed by atoms with van der Waals surface area (Å²) in [4.78, 5) is 12.2. The van der Waals surface area contributed by atoms with Crippen LogP contribution in [-0.2, 0) is 14.8 Å². The van der Waals surface area contributed by atoms with E-state index in [0.717, 1.165) is 12.0 Å². The fourth-order valence-electron chi connectivity index (χ4n) is 2.22. The first-order valence-corrected chi connectivity index (χ1v) is 9.78. The third kappa shape index (κ3) is 5.88. The van der Waals surface area contributed by atoms with Gasteiger partial charge in [0.05, 0.1) is 5.75 Å². The second-order valence-corrected chi connectivity index (χ2v) is 7.57. The summed E-state index contributed by atoms with van der Waals surface area (Å²) >= 11 is 0. The number of carbonyl (C=O) groups is 1. The lowest BCUT2D eigenvalue weighted by atomic mass is 10.1. The summed E-state index contributed by atoms with van der Waals surface area (Å²) in [6.07, 6.45) is 1.42. The van der Waals surface area contributed by atoms with Gasteiger partial charge >= 0.3 is 0 Å². The highest BCUT2D eigenvalue weighted by atomic mass is 32.2. The van der Waals surface area contributed by atoms with Crippen LogP contribution in [-0.4, -0.2) is 20.1 Å². The molecule has 0 saturated heterocycles. The van der Waals surface area contributed by atoms with Crippen molar-refractivity contribution in [1.82, 2.24) is 0 Å². The van der Waals surface area contributed by atoms with E-state index in [1.807, 2.05) is 25.1 Å². The van der Waals surface area contributed by atoms with Crippen LogP contribution in [0.5, 0.6) is 0 Å². The van der Waals surface area contributed by atoms with Crippen LogP contribution < -0.4 is 15.8 Å². The predicted octanol–water partition coefficient (Wildman–Crippen LogP) is 2.87. The molecule has 0 saturated carbocycles. The van der Waals surface area contributed by atoms with Crippen molar-refractivity contribution in [2.75, 3.05) is 15.8 Å². The van der Waals surface area contributed by atoms with Gasteiger partial charge in [-0.05, 0) is 36.2 Å². The number of carbonyl (C=O) groups excluding carboxylic acids is 1. The lowest BCUT2D eigenvalue weighted by Crippen LogP contribution is -2.27. The number of hydrogen-bond acceptors (Lipinski definition) is 4. The molecule has 2 aromatic rings. The maximum Gasteiger partial charge on any atom is 0.245 e. The molecule has 7 heteroatoms. The minimum Gasteiger partial charge on any atom is -0.324 e. The summed E-state index contributed by atoms with van der Waals surface area (Å²) < 4.78 is 26.3. The Kier molecular flexibility index (Phi) is 6.55. The number of unbranched alkanes of at least 4 members (excludes halogenated alkanes) is 1. The Morgan fingerprint density at radius 1 is 1.04 bits per heavy atom. The summed E-state index contributed by atoms with van der Waals surface area (Å²) in [6, 6.07) is 14.8. The van der Waals surface area contributed by atoms with Gasteiger partial charge in [-0.15, -0.1) is 0 Å². The Morgan fingerprint density at radius 2 is 1.64 bits per heavy atom. The van der Waals surface area contributed by atoms with E-state index < -0.39 is 16.1 Å². The van der Waals surface area contributed by atoms with Crippen molar-refractivity contribution in [1.29, 1.82) is 0 Å². The third-order valence-electron chi connectivity index (χ3n) is 3.63. The van der Waals surface area contributed by atoms with Crippen LogP contribution in [0.25, 0.3) is 0 Å². The number of sulfonamides is 1. The number of anilines is 2. The molecule has 2 aromatic carbocycles. The Morgan fingerprint density at radius 3 is 2.24 bits per heavy atom. The van der Waals surface area contributed by atoms with Crippen molar-refractivity contribution in [3.05, 3.63) is 60.2 Å². The first-order chi connectivity index (χ1) is 11.9. The molecule has 1 atom stereocenters. The number of benzene rings is 2. The zero-order valence-electron chi connectivity index (χ0n) is 14.1. The molecule has 0 aliphatic carbocycles. The number of amides is 1. The van der Waals surface area contributed by atoms with Crippen LogP contribution in [0.3, 0.4) is 0 Å². The van der Waals surface area contributed by atoms with E-state index >= 15 is 0 Å². The molecule has 1 amide bonds. The minimum absolute atomic E-state index is 0.0912. The molecule has 0 aliphatic heterocycles. The highest BCUT2D eigenvalue weighted by Crippen LogP contribution is 2.17. The molecule has 0 bridgehead atoms. The van der Waals surface area contributed by atoms with Gasteiger partial charge in [0, 0.05) is 11.4 Å². The van der Waals surface area contributed by atoms with Gasteiger partial charge < -0.3 is 11.1 Å². The molecular formula is C18H23N3O3S. The van der Waals surface area contributed by atoms with Crippen molar-refractivity contribution in [3.63, 3.8) is 0 Å². The van der Waals surface area contributed by atoms with Crippen LogP contribution >= 0.6 is 0 Å².